The fourth-order valence-corrected chi connectivity index (χ4v) is 2.68. The van der Waals surface area contributed by atoms with E-state index in [9.17, 15) is 4.79 Å². The molecule has 26 heavy (non-hydrogen) atoms. The summed E-state index contributed by atoms with van der Waals surface area (Å²) in [6.45, 7) is 3.14. The molecule has 0 saturated carbocycles. The third-order valence-electron chi connectivity index (χ3n) is 3.58. The van der Waals surface area contributed by atoms with Crippen molar-refractivity contribution >= 4 is 33.4 Å². The predicted molar refractivity (Wildman–Crippen MR) is 101 cm³/mol. The molecule has 7 nitrogen and oxygen atoms in total. The highest BCUT2D eigenvalue weighted by atomic mass is 79.9. The van der Waals surface area contributed by atoms with Gasteiger partial charge in [0.1, 0.15) is 17.1 Å². The van der Waals surface area contributed by atoms with Crippen molar-refractivity contribution in [1.29, 1.82) is 0 Å². The number of hydrogen-bond acceptors (Lipinski definition) is 4. The summed E-state index contributed by atoms with van der Waals surface area (Å²) in [5, 5.41) is 11.8. The van der Waals surface area contributed by atoms with Gasteiger partial charge in [0.05, 0.1) is 11.6 Å². The van der Waals surface area contributed by atoms with Crippen LogP contribution in [0.2, 0.25) is 5.02 Å². The van der Waals surface area contributed by atoms with Gasteiger partial charge in [0, 0.05) is 23.4 Å². The van der Waals surface area contributed by atoms with Crippen molar-refractivity contribution in [3.63, 3.8) is 0 Å². The molecule has 3 rings (SSSR count). The van der Waals surface area contributed by atoms with Crippen LogP contribution in [-0.2, 0) is 19.8 Å². The van der Waals surface area contributed by atoms with Crippen LogP contribution in [0, 0.1) is 0 Å². The molecule has 0 bridgehead atoms. The molecule has 1 aromatic carbocycles. The first-order chi connectivity index (χ1) is 12.5. The molecule has 0 unspecified atom stereocenters. The first-order valence-corrected chi connectivity index (χ1v) is 9.14. The molecule has 0 radical (unpaired) electrons. The lowest BCUT2D eigenvalue weighted by Crippen LogP contribution is -2.24. The highest BCUT2D eigenvalue weighted by molar-refractivity contribution is 9.10. The Labute approximate surface area is 164 Å². The maximum atomic E-state index is 12.2. The second-order valence-electron chi connectivity index (χ2n) is 5.43. The van der Waals surface area contributed by atoms with Crippen molar-refractivity contribution in [2.24, 2.45) is 0 Å². The second-order valence-corrected chi connectivity index (χ2v) is 6.75. The Hall–Kier alpha value is -2.32. The smallest absolute Gasteiger partial charge is 0.272 e. The van der Waals surface area contributed by atoms with Gasteiger partial charge < -0.3 is 10.1 Å². The molecule has 1 N–H and O–H groups in total. The predicted octanol–water partition coefficient (Wildman–Crippen LogP) is 3.48. The molecule has 0 aliphatic rings. The Morgan fingerprint density at radius 1 is 1.23 bits per heavy atom. The molecule has 2 aromatic heterocycles. The van der Waals surface area contributed by atoms with Gasteiger partial charge in [-0.15, -0.1) is 0 Å². The van der Waals surface area contributed by atoms with Gasteiger partial charge in [-0.2, -0.15) is 10.2 Å². The SMILES string of the molecule is CCn1cc(Cl)c(CNC(=O)c2ccn(COc3ccc(Br)cc3)n2)n1. The maximum Gasteiger partial charge on any atom is 0.272 e. The first kappa shape index (κ1) is 18.5. The van der Waals surface area contributed by atoms with Crippen LogP contribution in [0.5, 0.6) is 5.75 Å². The van der Waals surface area contributed by atoms with Gasteiger partial charge in [-0.25, -0.2) is 4.68 Å². The molecule has 0 spiro atoms. The van der Waals surface area contributed by atoms with E-state index in [2.05, 4.69) is 31.4 Å². The number of carbonyl (C=O) groups excluding carboxylic acids is 1. The molecule has 0 fully saturated rings. The Morgan fingerprint density at radius 3 is 2.69 bits per heavy atom. The summed E-state index contributed by atoms with van der Waals surface area (Å²) in [5.41, 5.74) is 0.926. The summed E-state index contributed by atoms with van der Waals surface area (Å²) in [5.74, 6) is 0.422. The number of amides is 1. The Kier molecular flexibility index (Phi) is 5.95. The molecule has 3 aromatic rings. The van der Waals surface area contributed by atoms with Gasteiger partial charge in [-0.3, -0.25) is 9.48 Å². The molecule has 0 aliphatic carbocycles. The van der Waals surface area contributed by atoms with E-state index in [1.807, 2.05) is 31.2 Å². The normalized spacial score (nSPS) is 10.7. The average molecular weight is 439 g/mol. The number of nitrogens with zero attached hydrogens (tertiary/aromatic N) is 4. The number of hydrogen-bond donors (Lipinski definition) is 1. The molecule has 1 amide bonds. The lowest BCUT2D eigenvalue weighted by molar-refractivity contribution is 0.0943. The quantitative estimate of drug-likeness (QED) is 0.613. The lowest BCUT2D eigenvalue weighted by atomic mass is 10.3. The molecule has 136 valence electrons. The van der Waals surface area contributed by atoms with E-state index in [1.54, 1.807) is 27.8 Å². The number of rotatable bonds is 7. The molecular formula is C17H17BrClN5O2. The number of nitrogens with one attached hydrogen (secondary N) is 1. The van der Waals surface area contributed by atoms with Crippen LogP contribution in [0.15, 0.2) is 47.2 Å². The van der Waals surface area contributed by atoms with E-state index in [0.29, 0.717) is 16.4 Å². The number of aryl methyl sites for hydroxylation is 1. The summed E-state index contributed by atoms with van der Waals surface area (Å²) >= 11 is 9.46. The van der Waals surface area contributed by atoms with Crippen molar-refractivity contribution in [1.82, 2.24) is 24.9 Å². The Balaban J connectivity index is 1.53. The van der Waals surface area contributed by atoms with E-state index >= 15 is 0 Å². The van der Waals surface area contributed by atoms with Crippen LogP contribution in [0.3, 0.4) is 0 Å². The second kappa shape index (κ2) is 8.37. The van der Waals surface area contributed by atoms with Crippen LogP contribution >= 0.6 is 27.5 Å². The minimum atomic E-state index is -0.297. The number of aromatic nitrogens is 4. The third kappa shape index (κ3) is 4.64. The topological polar surface area (TPSA) is 74.0 Å². The average Bonchev–Trinajstić information content (AvgIpc) is 3.26. The fraction of sp³-hybridized carbons (Fsp3) is 0.235. The monoisotopic (exact) mass is 437 g/mol. The number of halogens is 2. The molecule has 2 heterocycles. The van der Waals surface area contributed by atoms with E-state index in [-0.39, 0.29) is 19.2 Å². The fourth-order valence-electron chi connectivity index (χ4n) is 2.20. The van der Waals surface area contributed by atoms with Crippen molar-refractivity contribution in [2.45, 2.75) is 26.7 Å². The van der Waals surface area contributed by atoms with Crippen LogP contribution in [0.25, 0.3) is 0 Å². The van der Waals surface area contributed by atoms with Crippen LogP contribution in [0.4, 0.5) is 0 Å². The standard InChI is InChI=1S/C17H17BrClN5O2/c1-2-23-10-14(19)16(22-23)9-20-17(25)15-7-8-24(21-15)11-26-13-5-3-12(18)4-6-13/h3-8,10H,2,9,11H2,1H3,(H,20,25). The minimum absolute atomic E-state index is 0.210. The van der Waals surface area contributed by atoms with Crippen molar-refractivity contribution < 1.29 is 9.53 Å². The first-order valence-electron chi connectivity index (χ1n) is 7.97. The largest absolute Gasteiger partial charge is 0.471 e. The van der Waals surface area contributed by atoms with E-state index in [0.717, 1.165) is 16.8 Å². The molecule has 9 heteroatoms. The molecular weight excluding hydrogens is 422 g/mol. The molecule has 0 atom stereocenters. The van der Waals surface area contributed by atoms with Gasteiger partial charge >= 0.3 is 0 Å². The minimum Gasteiger partial charge on any atom is -0.471 e. The van der Waals surface area contributed by atoms with Gasteiger partial charge in [-0.05, 0) is 37.3 Å². The zero-order valence-corrected chi connectivity index (χ0v) is 16.4. The van der Waals surface area contributed by atoms with Gasteiger partial charge in [0.15, 0.2) is 6.73 Å². The van der Waals surface area contributed by atoms with E-state index in [1.165, 1.54) is 0 Å². The summed E-state index contributed by atoms with van der Waals surface area (Å²) < 4.78 is 9.87. The number of ether oxygens (including phenoxy) is 1. The summed E-state index contributed by atoms with van der Waals surface area (Å²) in [4.78, 5) is 12.2. The molecule has 0 saturated heterocycles. The van der Waals surface area contributed by atoms with Crippen LogP contribution in [0.1, 0.15) is 23.1 Å². The number of carbonyl (C=O) groups is 1. The van der Waals surface area contributed by atoms with Crippen LogP contribution in [-0.4, -0.2) is 25.5 Å². The summed E-state index contributed by atoms with van der Waals surface area (Å²) in [7, 11) is 0. The summed E-state index contributed by atoms with van der Waals surface area (Å²) in [6, 6.07) is 9.11. The van der Waals surface area contributed by atoms with Gasteiger partial charge in [0.2, 0.25) is 0 Å². The number of benzene rings is 1. The Morgan fingerprint density at radius 2 is 2.00 bits per heavy atom. The highest BCUT2D eigenvalue weighted by Gasteiger charge is 2.12. The van der Waals surface area contributed by atoms with Crippen molar-refractivity contribution in [3.8, 4) is 5.75 Å². The van der Waals surface area contributed by atoms with E-state index < -0.39 is 0 Å². The third-order valence-corrected chi connectivity index (χ3v) is 4.42. The zero-order chi connectivity index (χ0) is 18.5. The Bertz CT molecular complexity index is 891. The van der Waals surface area contributed by atoms with Crippen molar-refractivity contribution in [3.05, 3.63) is 63.6 Å². The zero-order valence-electron chi connectivity index (χ0n) is 14.0. The molecule has 0 aliphatic heterocycles. The van der Waals surface area contributed by atoms with Crippen LogP contribution < -0.4 is 10.1 Å². The highest BCUT2D eigenvalue weighted by Crippen LogP contribution is 2.16. The van der Waals surface area contributed by atoms with Crippen molar-refractivity contribution in [2.75, 3.05) is 0 Å². The summed E-state index contributed by atoms with van der Waals surface area (Å²) in [6.07, 6.45) is 3.42. The lowest BCUT2D eigenvalue weighted by Gasteiger charge is -2.06. The maximum absolute atomic E-state index is 12.2. The van der Waals surface area contributed by atoms with Gasteiger partial charge in [-0.1, -0.05) is 27.5 Å². The van der Waals surface area contributed by atoms with E-state index in [4.69, 9.17) is 16.3 Å². The van der Waals surface area contributed by atoms with Gasteiger partial charge in [0.25, 0.3) is 5.91 Å².